The number of methoxy groups -OCH3 is 2. The lowest BCUT2D eigenvalue weighted by molar-refractivity contribution is -0.0785. The quantitative estimate of drug-likeness (QED) is 0.0855. The van der Waals surface area contributed by atoms with Crippen molar-refractivity contribution in [2.75, 3.05) is 47.3 Å². The van der Waals surface area contributed by atoms with Crippen LogP contribution in [-0.2, 0) is 32.0 Å². The molecule has 6 aromatic heterocycles. The van der Waals surface area contributed by atoms with E-state index in [1.807, 2.05) is 101 Å². The van der Waals surface area contributed by atoms with Gasteiger partial charge < -0.3 is 53.8 Å². The lowest BCUT2D eigenvalue weighted by Gasteiger charge is -2.41. The number of nitrogens with one attached hydrogen (secondary N) is 2. The first-order valence-corrected chi connectivity index (χ1v) is 24.5. The Bertz CT molecular complexity index is 3330. The number of amides is 2. The molecule has 19 nitrogen and oxygen atoms in total. The van der Waals surface area contributed by atoms with Crippen molar-refractivity contribution in [1.29, 1.82) is 0 Å². The minimum atomic E-state index is -1.27. The molecule has 0 radical (unpaired) electrons. The molecule has 11 rings (SSSR count). The van der Waals surface area contributed by atoms with Crippen LogP contribution in [0.3, 0.4) is 0 Å². The van der Waals surface area contributed by atoms with Crippen LogP contribution in [-0.4, -0.2) is 114 Å². The van der Waals surface area contributed by atoms with Gasteiger partial charge in [0.1, 0.15) is 42.8 Å². The molecule has 1 fully saturated rings. The summed E-state index contributed by atoms with van der Waals surface area (Å²) in [6.45, 7) is 1.80. The summed E-state index contributed by atoms with van der Waals surface area (Å²) in [5.74, 6) is 1.81. The number of aliphatic hydroxyl groups excluding tert-OH is 2. The fourth-order valence-corrected chi connectivity index (χ4v) is 10.5. The highest BCUT2D eigenvalue weighted by atomic mass is 32.1. The summed E-state index contributed by atoms with van der Waals surface area (Å²) in [7, 11) is 6.87. The first-order valence-electron chi connectivity index (χ1n) is 22.7. The van der Waals surface area contributed by atoms with Crippen LogP contribution in [0, 0.1) is 0 Å². The highest BCUT2D eigenvalue weighted by Crippen LogP contribution is 2.48. The summed E-state index contributed by atoms with van der Waals surface area (Å²) in [6.07, 6.45) is 4.11. The summed E-state index contributed by atoms with van der Waals surface area (Å²) < 4.78 is 43.2. The first kappa shape index (κ1) is 46.0. The van der Waals surface area contributed by atoms with Crippen LogP contribution in [0.4, 0.5) is 0 Å². The number of benzene rings is 2. The topological polar surface area (TPSA) is 212 Å². The van der Waals surface area contributed by atoms with E-state index in [-0.39, 0.29) is 43.7 Å². The molecular formula is C50H49N9O10S2. The Kier molecular flexibility index (Phi) is 11.7. The molecule has 0 aliphatic carbocycles. The van der Waals surface area contributed by atoms with Gasteiger partial charge in [0.25, 0.3) is 11.8 Å². The maximum atomic E-state index is 14.5. The molecule has 4 N–H and O–H groups in total. The maximum Gasteiger partial charge on any atom is 0.272 e. The average Bonchev–Trinajstić information content (AvgIpc) is 4.24. The average molecular weight is 1000 g/mol. The molecule has 1 atom stereocenters. The fraction of sp³-hybridized carbons (Fsp3) is 0.300. The van der Waals surface area contributed by atoms with Crippen molar-refractivity contribution >= 4 is 34.5 Å². The van der Waals surface area contributed by atoms with E-state index in [2.05, 4.69) is 15.7 Å². The summed E-state index contributed by atoms with van der Waals surface area (Å²) in [5, 5.41) is 48.9. The molecular weight excluding hydrogens is 951 g/mol. The number of aliphatic hydroxyl groups is 2. The Labute approximate surface area is 414 Å². The number of carbonyl (C=O) groups excluding carboxylic acids is 2. The Morgan fingerprint density at radius 3 is 1.93 bits per heavy atom. The molecule has 3 aliphatic heterocycles. The van der Waals surface area contributed by atoms with E-state index in [4.69, 9.17) is 38.6 Å². The zero-order valence-corrected chi connectivity index (χ0v) is 41.0. The summed E-state index contributed by atoms with van der Waals surface area (Å²) in [6, 6.07) is 15.2. The van der Waals surface area contributed by atoms with Gasteiger partial charge >= 0.3 is 0 Å². The van der Waals surface area contributed by atoms with E-state index >= 15 is 0 Å². The van der Waals surface area contributed by atoms with Crippen LogP contribution in [0.25, 0.3) is 56.3 Å². The van der Waals surface area contributed by atoms with Gasteiger partial charge in [0.2, 0.25) is 0 Å². The van der Waals surface area contributed by atoms with Crippen molar-refractivity contribution in [2.24, 2.45) is 14.1 Å². The number of hydrogen-bond acceptors (Lipinski definition) is 15. The van der Waals surface area contributed by atoms with Gasteiger partial charge in [-0.05, 0) is 54.4 Å². The maximum absolute atomic E-state index is 14.5. The summed E-state index contributed by atoms with van der Waals surface area (Å²) >= 11 is 3.02. The minimum absolute atomic E-state index is 0.0636. The molecule has 1 unspecified atom stereocenters. The van der Waals surface area contributed by atoms with E-state index in [0.29, 0.717) is 87.8 Å². The summed E-state index contributed by atoms with van der Waals surface area (Å²) in [4.78, 5) is 28.4. The van der Waals surface area contributed by atoms with Crippen LogP contribution in [0.5, 0.6) is 28.9 Å². The lowest BCUT2D eigenvalue weighted by atomic mass is 9.92. The number of thiophene rings is 2. The molecule has 0 bridgehead atoms. The predicted octanol–water partition coefficient (Wildman–Crippen LogP) is 6.16. The zero-order chi connectivity index (χ0) is 49.2. The number of fused-ring (bicyclic) bond motifs is 6. The predicted molar refractivity (Wildman–Crippen MR) is 263 cm³/mol. The van der Waals surface area contributed by atoms with Gasteiger partial charge in [0.15, 0.2) is 17.3 Å². The third kappa shape index (κ3) is 8.08. The van der Waals surface area contributed by atoms with Gasteiger partial charge in [-0.3, -0.25) is 14.3 Å². The molecule has 1 saturated heterocycles. The van der Waals surface area contributed by atoms with Crippen molar-refractivity contribution in [2.45, 2.75) is 37.6 Å². The van der Waals surface area contributed by atoms with Gasteiger partial charge in [0.05, 0.1) is 73.6 Å². The Morgan fingerprint density at radius 2 is 1.41 bits per heavy atom. The van der Waals surface area contributed by atoms with Crippen LogP contribution in [0.15, 0.2) is 82.4 Å². The van der Waals surface area contributed by atoms with Crippen LogP contribution < -0.4 is 34.3 Å². The van der Waals surface area contributed by atoms with Crippen molar-refractivity contribution in [3.63, 3.8) is 0 Å². The molecule has 2 aromatic carbocycles. The van der Waals surface area contributed by atoms with Crippen molar-refractivity contribution in [3.05, 3.63) is 105 Å². The Morgan fingerprint density at radius 1 is 0.803 bits per heavy atom. The number of nitrogens with zero attached hydrogens (tertiary/aromatic N) is 7. The van der Waals surface area contributed by atoms with Crippen molar-refractivity contribution in [3.8, 4) is 85.2 Å². The normalized spacial score (nSPS) is 14.9. The van der Waals surface area contributed by atoms with Crippen LogP contribution >= 0.6 is 22.7 Å². The van der Waals surface area contributed by atoms with E-state index < -0.39 is 23.6 Å². The van der Waals surface area contributed by atoms with E-state index in [9.17, 15) is 19.8 Å². The first-order chi connectivity index (χ1) is 34.4. The van der Waals surface area contributed by atoms with Crippen LogP contribution in [0.2, 0.25) is 0 Å². The monoisotopic (exact) mass is 999 g/mol. The Balaban J connectivity index is 0.878. The van der Waals surface area contributed by atoms with Gasteiger partial charge in [-0.2, -0.15) is 38.0 Å². The molecule has 8 aromatic rings. The van der Waals surface area contributed by atoms with Gasteiger partial charge in [-0.25, -0.2) is 9.36 Å². The number of hydrogen-bond donors (Lipinski definition) is 4. The molecule has 0 spiro atoms. The highest BCUT2D eigenvalue weighted by Gasteiger charge is 2.42. The number of ether oxygens (including phenoxy) is 6. The number of aryl methyl sites for hydroxylation is 2. The lowest BCUT2D eigenvalue weighted by Crippen LogP contribution is -2.62. The standard InChI is InChI=1S/C50H49N9O10S2/c1-49(24-61,51-47(62)43-35-20-68-41-18-39(65-5)32(37-6-10-57(3)53-37)16-34(41)46(35)59(54-43)30-8-13-71-23-30)25-69-42-14-28(19-56(42)2)31-15-33-40(17-38(31)64-4)67-21-36-44(48(63)52-50(9-11-60)26-66-27-50)55-58(45(33)36)29-7-12-70-22-29/h6-8,10,12-19,22-23,60-61H,9,11,20-21,24-27H2,1-5H3,(H,51,62)(H,52,63). The second-order valence-corrected chi connectivity index (χ2v) is 19.6. The molecule has 3 aliphatic rings. The second-order valence-electron chi connectivity index (χ2n) is 18.0. The SMILES string of the molecule is COc1cc2c(cc1-c1cc(OCC(C)(CO)NC(=O)c3nn(-c4ccsc4)c4c3COc3cc(OC)c(-c5ccn(C)n5)cc3-4)n(C)c1)-c1c(c(C(=O)NC3(CCO)COC3)nn1-c1ccsc1)CO2. The number of rotatable bonds is 16. The third-order valence-electron chi connectivity index (χ3n) is 13.0. The van der Waals surface area contributed by atoms with Gasteiger partial charge in [-0.1, -0.05) is 0 Å². The van der Waals surface area contributed by atoms with E-state index in [0.717, 1.165) is 28.1 Å². The molecule has 9 heterocycles. The largest absolute Gasteiger partial charge is 0.496 e. The number of carbonyl (C=O) groups is 2. The Hall–Kier alpha value is -7.43. The van der Waals surface area contributed by atoms with Gasteiger partial charge in [0, 0.05) is 101 Å². The minimum Gasteiger partial charge on any atom is -0.496 e. The molecule has 0 saturated carbocycles. The van der Waals surface area contributed by atoms with Crippen molar-refractivity contribution in [1.82, 2.24) is 44.5 Å². The van der Waals surface area contributed by atoms with Crippen molar-refractivity contribution < 1.29 is 48.2 Å². The fourth-order valence-electron chi connectivity index (χ4n) is 9.24. The summed E-state index contributed by atoms with van der Waals surface area (Å²) in [5.41, 5.74) is 6.91. The molecule has 366 valence electrons. The van der Waals surface area contributed by atoms with Crippen LogP contribution in [0.1, 0.15) is 45.4 Å². The third-order valence-corrected chi connectivity index (χ3v) is 14.4. The van der Waals surface area contributed by atoms with E-state index in [1.165, 1.54) is 22.7 Å². The number of aromatic nitrogens is 7. The molecule has 2 amide bonds. The van der Waals surface area contributed by atoms with Gasteiger partial charge in [-0.15, -0.1) is 0 Å². The smallest absolute Gasteiger partial charge is 0.272 e. The molecule has 21 heteroatoms. The second kappa shape index (κ2) is 18.1. The highest BCUT2D eigenvalue weighted by molar-refractivity contribution is 7.08. The zero-order valence-electron chi connectivity index (χ0n) is 39.3. The van der Waals surface area contributed by atoms with E-state index in [1.54, 1.807) is 35.2 Å². The molecule has 71 heavy (non-hydrogen) atoms.